The number of rotatable bonds is 4. The predicted octanol–water partition coefficient (Wildman–Crippen LogP) is 1.69. The summed E-state index contributed by atoms with van der Waals surface area (Å²) in [6, 6.07) is 3.10. The summed E-state index contributed by atoms with van der Waals surface area (Å²) in [5.74, 6) is -2.00. The van der Waals surface area contributed by atoms with Crippen molar-refractivity contribution in [3.05, 3.63) is 35.4 Å². The van der Waals surface area contributed by atoms with Crippen LogP contribution in [0.4, 0.5) is 8.78 Å². The van der Waals surface area contributed by atoms with Crippen LogP contribution in [0.1, 0.15) is 17.3 Å². The first kappa shape index (κ1) is 14.1. The van der Waals surface area contributed by atoms with E-state index in [4.69, 9.17) is 0 Å². The molecule has 3 nitrogen and oxygen atoms in total. The van der Waals surface area contributed by atoms with Gasteiger partial charge in [-0.2, -0.15) is 0 Å². The molecule has 1 aliphatic heterocycles. The highest BCUT2D eigenvalue weighted by atomic mass is 19.1. The molecule has 0 aliphatic carbocycles. The lowest BCUT2D eigenvalue weighted by atomic mass is 9.98. The van der Waals surface area contributed by atoms with Crippen LogP contribution in [0.5, 0.6) is 0 Å². The summed E-state index contributed by atoms with van der Waals surface area (Å²) < 4.78 is 26.4. The maximum Gasteiger partial charge on any atom is 0.169 e. The van der Waals surface area contributed by atoms with E-state index in [1.54, 1.807) is 6.92 Å². The lowest BCUT2D eigenvalue weighted by Gasteiger charge is -2.29. The first-order valence-corrected chi connectivity index (χ1v) is 6.50. The number of carbonyl (C=O) groups is 1. The van der Waals surface area contributed by atoms with Gasteiger partial charge in [-0.3, -0.25) is 4.79 Å². The van der Waals surface area contributed by atoms with E-state index in [1.807, 2.05) is 0 Å². The fourth-order valence-corrected chi connectivity index (χ4v) is 2.32. The van der Waals surface area contributed by atoms with Gasteiger partial charge in [0.1, 0.15) is 11.6 Å². The van der Waals surface area contributed by atoms with Gasteiger partial charge in [0.2, 0.25) is 0 Å². The molecule has 1 heterocycles. The van der Waals surface area contributed by atoms with E-state index >= 15 is 0 Å². The van der Waals surface area contributed by atoms with Crippen molar-refractivity contribution in [3.8, 4) is 0 Å². The van der Waals surface area contributed by atoms with Gasteiger partial charge in [0, 0.05) is 44.7 Å². The Morgan fingerprint density at radius 1 is 1.37 bits per heavy atom. The molecule has 5 heteroatoms. The van der Waals surface area contributed by atoms with Crippen LogP contribution in [0.25, 0.3) is 0 Å². The zero-order valence-electron chi connectivity index (χ0n) is 11.0. The van der Waals surface area contributed by atoms with Gasteiger partial charge in [-0.25, -0.2) is 8.78 Å². The minimum Gasteiger partial charge on any atom is -0.314 e. The Morgan fingerprint density at radius 3 is 2.68 bits per heavy atom. The van der Waals surface area contributed by atoms with E-state index in [-0.39, 0.29) is 17.3 Å². The molecule has 0 amide bonds. The van der Waals surface area contributed by atoms with Crippen LogP contribution < -0.4 is 5.32 Å². The molecule has 1 aliphatic rings. The Balaban J connectivity index is 2.01. The summed E-state index contributed by atoms with van der Waals surface area (Å²) >= 11 is 0. The van der Waals surface area contributed by atoms with Crippen LogP contribution in [0.15, 0.2) is 18.2 Å². The molecule has 2 rings (SSSR count). The van der Waals surface area contributed by atoms with E-state index in [0.717, 1.165) is 38.3 Å². The van der Waals surface area contributed by atoms with Crippen LogP contribution in [0, 0.1) is 17.6 Å². The van der Waals surface area contributed by atoms with Crippen molar-refractivity contribution in [2.45, 2.75) is 6.92 Å². The number of halogens is 2. The van der Waals surface area contributed by atoms with Crippen LogP contribution in [0.3, 0.4) is 0 Å². The highest BCUT2D eigenvalue weighted by molar-refractivity contribution is 5.98. The molecule has 0 aromatic heterocycles. The second-order valence-corrected chi connectivity index (χ2v) is 4.94. The smallest absolute Gasteiger partial charge is 0.169 e. The monoisotopic (exact) mass is 268 g/mol. The topological polar surface area (TPSA) is 32.3 Å². The normalized spacial score (nSPS) is 18.3. The number of nitrogens with one attached hydrogen (secondary N) is 1. The molecule has 0 saturated carbocycles. The molecular weight excluding hydrogens is 250 g/mol. The van der Waals surface area contributed by atoms with E-state index in [2.05, 4.69) is 10.2 Å². The SMILES string of the molecule is CC(CN1CCNCC1)C(=O)c1ccc(F)cc1F. The Hall–Kier alpha value is -1.33. The number of hydrogen-bond acceptors (Lipinski definition) is 3. The van der Waals surface area contributed by atoms with E-state index in [1.165, 1.54) is 6.07 Å². The molecular formula is C14H18F2N2O. The van der Waals surface area contributed by atoms with Gasteiger partial charge in [0.05, 0.1) is 5.56 Å². The molecule has 1 unspecified atom stereocenters. The molecule has 1 atom stereocenters. The fourth-order valence-electron chi connectivity index (χ4n) is 2.32. The van der Waals surface area contributed by atoms with Gasteiger partial charge in [-0.15, -0.1) is 0 Å². The zero-order chi connectivity index (χ0) is 13.8. The summed E-state index contributed by atoms with van der Waals surface area (Å²) in [6.45, 7) is 6.00. The summed E-state index contributed by atoms with van der Waals surface area (Å²) in [4.78, 5) is 14.3. The molecule has 0 radical (unpaired) electrons. The van der Waals surface area contributed by atoms with E-state index in [9.17, 15) is 13.6 Å². The standard InChI is InChI=1S/C14H18F2N2O/c1-10(9-18-6-4-17-5-7-18)14(19)12-3-2-11(15)8-13(12)16/h2-3,8,10,17H,4-7,9H2,1H3. The summed E-state index contributed by atoms with van der Waals surface area (Å²) in [6.07, 6.45) is 0. The molecule has 104 valence electrons. The number of Topliss-reactive ketones (excluding diaryl/α,β-unsaturated/α-hetero) is 1. The zero-order valence-corrected chi connectivity index (χ0v) is 11.0. The maximum absolute atomic E-state index is 13.6. The minimum atomic E-state index is -0.780. The van der Waals surface area contributed by atoms with Gasteiger partial charge < -0.3 is 10.2 Å². The Kier molecular flexibility index (Phi) is 4.61. The van der Waals surface area contributed by atoms with E-state index < -0.39 is 11.6 Å². The van der Waals surface area contributed by atoms with Crippen LogP contribution >= 0.6 is 0 Å². The summed E-state index contributed by atoms with van der Waals surface area (Å²) in [5, 5.41) is 3.24. The van der Waals surface area contributed by atoms with Crippen LogP contribution in [-0.2, 0) is 0 Å². The van der Waals surface area contributed by atoms with Gasteiger partial charge in [-0.05, 0) is 12.1 Å². The molecule has 1 aromatic carbocycles. The number of benzene rings is 1. The van der Waals surface area contributed by atoms with Gasteiger partial charge in [0.25, 0.3) is 0 Å². The Bertz CT molecular complexity index is 459. The number of piperazine rings is 1. The van der Waals surface area contributed by atoms with E-state index in [0.29, 0.717) is 6.54 Å². The van der Waals surface area contributed by atoms with Crippen molar-refractivity contribution in [2.75, 3.05) is 32.7 Å². The first-order valence-electron chi connectivity index (χ1n) is 6.50. The third-order valence-corrected chi connectivity index (χ3v) is 3.39. The molecule has 0 spiro atoms. The van der Waals surface area contributed by atoms with Crippen molar-refractivity contribution in [1.29, 1.82) is 0 Å². The van der Waals surface area contributed by atoms with Gasteiger partial charge in [0.15, 0.2) is 5.78 Å². The lowest BCUT2D eigenvalue weighted by molar-refractivity contribution is 0.0883. The average Bonchev–Trinajstić information content (AvgIpc) is 2.39. The minimum absolute atomic E-state index is 0.0240. The Labute approximate surface area is 111 Å². The maximum atomic E-state index is 13.6. The van der Waals surface area contributed by atoms with Crippen molar-refractivity contribution in [2.24, 2.45) is 5.92 Å². The highest BCUT2D eigenvalue weighted by Gasteiger charge is 2.22. The van der Waals surface area contributed by atoms with Gasteiger partial charge >= 0.3 is 0 Å². The first-order chi connectivity index (χ1) is 9.08. The van der Waals surface area contributed by atoms with Crippen LogP contribution in [-0.4, -0.2) is 43.4 Å². The molecule has 1 saturated heterocycles. The molecule has 1 aromatic rings. The van der Waals surface area contributed by atoms with Gasteiger partial charge in [-0.1, -0.05) is 6.92 Å². The third-order valence-electron chi connectivity index (χ3n) is 3.39. The molecule has 1 fully saturated rings. The van der Waals surface area contributed by atoms with Crippen LogP contribution in [0.2, 0.25) is 0 Å². The molecule has 1 N–H and O–H groups in total. The fraction of sp³-hybridized carbons (Fsp3) is 0.500. The Morgan fingerprint density at radius 2 is 2.05 bits per heavy atom. The lowest BCUT2D eigenvalue weighted by Crippen LogP contribution is -2.45. The number of ketones is 1. The quantitative estimate of drug-likeness (QED) is 0.843. The number of hydrogen-bond donors (Lipinski definition) is 1. The second kappa shape index (κ2) is 6.21. The highest BCUT2D eigenvalue weighted by Crippen LogP contribution is 2.15. The average molecular weight is 268 g/mol. The van der Waals surface area contributed by atoms with Crippen molar-refractivity contribution in [1.82, 2.24) is 10.2 Å². The summed E-state index contributed by atoms with van der Waals surface area (Å²) in [7, 11) is 0. The van der Waals surface area contributed by atoms with Crippen molar-refractivity contribution in [3.63, 3.8) is 0 Å². The molecule has 0 bridgehead atoms. The van der Waals surface area contributed by atoms with Crippen molar-refractivity contribution >= 4 is 5.78 Å². The molecule has 19 heavy (non-hydrogen) atoms. The van der Waals surface area contributed by atoms with Crippen molar-refractivity contribution < 1.29 is 13.6 Å². The number of nitrogens with zero attached hydrogens (tertiary/aromatic N) is 1. The summed E-state index contributed by atoms with van der Waals surface area (Å²) in [5.41, 5.74) is -0.0240. The second-order valence-electron chi connectivity index (χ2n) is 4.94. The predicted molar refractivity (Wildman–Crippen MR) is 69.2 cm³/mol. The third kappa shape index (κ3) is 3.58. The largest absolute Gasteiger partial charge is 0.314 e. The number of carbonyl (C=O) groups excluding carboxylic acids is 1.